The summed E-state index contributed by atoms with van der Waals surface area (Å²) in [5.74, 6) is 2.05. The van der Waals surface area contributed by atoms with E-state index in [1.165, 1.54) is 0 Å². The van der Waals surface area contributed by atoms with Crippen LogP contribution in [0.3, 0.4) is 0 Å². The molecule has 0 unspecified atom stereocenters. The highest BCUT2D eigenvalue weighted by atomic mass is 35.5. The quantitative estimate of drug-likeness (QED) is 0.662. The van der Waals surface area contributed by atoms with Crippen LogP contribution in [0.4, 0.5) is 5.82 Å². The Kier molecular flexibility index (Phi) is 5.19. The number of anilines is 1. The third-order valence-corrected chi connectivity index (χ3v) is 4.15. The molecule has 0 spiro atoms. The predicted octanol–water partition coefficient (Wildman–Crippen LogP) is 3.28. The lowest BCUT2D eigenvalue weighted by molar-refractivity contribution is -0.101. The van der Waals surface area contributed by atoms with Crippen molar-refractivity contribution in [2.75, 3.05) is 31.7 Å². The number of rotatable bonds is 6. The molecule has 0 saturated carbocycles. The van der Waals surface area contributed by atoms with Crippen molar-refractivity contribution in [1.29, 1.82) is 0 Å². The normalized spacial score (nSPS) is 17.3. The van der Waals surface area contributed by atoms with Gasteiger partial charge in [0.05, 0.1) is 32.6 Å². The van der Waals surface area contributed by atoms with Crippen LogP contribution in [0, 0.1) is 0 Å². The van der Waals surface area contributed by atoms with Gasteiger partial charge in [0.15, 0.2) is 0 Å². The second-order valence-corrected chi connectivity index (χ2v) is 6.14. The standard InChI is InChI=1S/C18H18ClN3O4/c19-18-21-16-14(17(22-18)20-9-12-3-2-6-24-12)4-1-5-15(16)26-11-13-10-23-7-8-25-13/h1-6,13H,7-11H2,(H,20,21,22)/t13-/m0/s1. The van der Waals surface area contributed by atoms with E-state index in [4.69, 9.17) is 30.2 Å². The lowest BCUT2D eigenvalue weighted by Crippen LogP contribution is -2.33. The number of aromatic nitrogens is 2. The van der Waals surface area contributed by atoms with Gasteiger partial charge >= 0.3 is 0 Å². The Morgan fingerprint density at radius 1 is 1.19 bits per heavy atom. The van der Waals surface area contributed by atoms with Gasteiger partial charge in [-0.2, -0.15) is 0 Å². The highest BCUT2D eigenvalue weighted by Gasteiger charge is 2.17. The van der Waals surface area contributed by atoms with E-state index in [9.17, 15) is 0 Å². The van der Waals surface area contributed by atoms with Crippen molar-refractivity contribution in [2.45, 2.75) is 12.6 Å². The first-order valence-corrected chi connectivity index (χ1v) is 8.72. The van der Waals surface area contributed by atoms with E-state index in [1.54, 1.807) is 6.26 Å². The SMILES string of the molecule is Clc1nc(NCc2ccco2)c2cccc(OC[C@@H]3COCCO3)c2n1. The fraction of sp³-hybridized carbons (Fsp3) is 0.333. The minimum absolute atomic E-state index is 0.0899. The van der Waals surface area contributed by atoms with Crippen LogP contribution >= 0.6 is 11.6 Å². The zero-order chi connectivity index (χ0) is 17.8. The topological polar surface area (TPSA) is 78.6 Å². The molecule has 3 heterocycles. The Balaban J connectivity index is 1.56. The number of fused-ring (bicyclic) bond motifs is 1. The molecule has 1 aliphatic heterocycles. The van der Waals surface area contributed by atoms with Gasteiger partial charge in [-0.3, -0.25) is 0 Å². The summed E-state index contributed by atoms with van der Waals surface area (Å²) in [6.45, 7) is 2.61. The van der Waals surface area contributed by atoms with Gasteiger partial charge in [-0.15, -0.1) is 0 Å². The Morgan fingerprint density at radius 3 is 2.96 bits per heavy atom. The van der Waals surface area contributed by atoms with E-state index in [0.29, 0.717) is 50.1 Å². The van der Waals surface area contributed by atoms with E-state index in [1.807, 2.05) is 30.3 Å². The van der Waals surface area contributed by atoms with E-state index in [0.717, 1.165) is 11.1 Å². The number of ether oxygens (including phenoxy) is 3. The first kappa shape index (κ1) is 17.1. The van der Waals surface area contributed by atoms with Crippen molar-refractivity contribution in [3.8, 4) is 5.75 Å². The van der Waals surface area contributed by atoms with E-state index >= 15 is 0 Å². The molecule has 136 valence electrons. The van der Waals surface area contributed by atoms with Gasteiger partial charge in [-0.25, -0.2) is 9.97 Å². The van der Waals surface area contributed by atoms with E-state index < -0.39 is 0 Å². The Bertz CT molecular complexity index is 866. The molecule has 1 N–H and O–H groups in total. The van der Waals surface area contributed by atoms with E-state index in [2.05, 4.69) is 15.3 Å². The molecule has 4 rings (SSSR count). The number of halogens is 1. The van der Waals surface area contributed by atoms with Gasteiger partial charge in [0, 0.05) is 5.39 Å². The zero-order valence-electron chi connectivity index (χ0n) is 14.0. The molecule has 7 nitrogen and oxygen atoms in total. The number of benzene rings is 1. The summed E-state index contributed by atoms with van der Waals surface area (Å²) in [5, 5.41) is 4.20. The number of nitrogens with zero attached hydrogens (tertiary/aromatic N) is 2. The maximum atomic E-state index is 6.12. The van der Waals surface area contributed by atoms with Gasteiger partial charge in [0.25, 0.3) is 0 Å². The molecule has 1 fully saturated rings. The Morgan fingerprint density at radius 2 is 2.15 bits per heavy atom. The highest BCUT2D eigenvalue weighted by Crippen LogP contribution is 2.30. The molecule has 1 aromatic carbocycles. The van der Waals surface area contributed by atoms with Crippen LogP contribution in [0.25, 0.3) is 10.9 Å². The summed E-state index contributed by atoms with van der Waals surface area (Å²) in [6, 6.07) is 9.39. The number of hydrogen-bond donors (Lipinski definition) is 1. The first-order valence-electron chi connectivity index (χ1n) is 8.34. The summed E-state index contributed by atoms with van der Waals surface area (Å²) < 4.78 is 22.3. The molecule has 0 amide bonds. The van der Waals surface area contributed by atoms with Crippen LogP contribution in [-0.2, 0) is 16.0 Å². The average molecular weight is 376 g/mol. The van der Waals surface area contributed by atoms with Crippen molar-refractivity contribution in [1.82, 2.24) is 9.97 Å². The van der Waals surface area contributed by atoms with Crippen LogP contribution < -0.4 is 10.1 Å². The smallest absolute Gasteiger partial charge is 0.225 e. The molecular formula is C18H18ClN3O4. The highest BCUT2D eigenvalue weighted by molar-refractivity contribution is 6.29. The summed E-state index contributed by atoms with van der Waals surface area (Å²) in [4.78, 5) is 8.63. The predicted molar refractivity (Wildman–Crippen MR) is 96.6 cm³/mol. The molecule has 0 bridgehead atoms. The molecule has 0 radical (unpaired) electrons. The van der Waals surface area contributed by atoms with Crippen molar-refractivity contribution < 1.29 is 18.6 Å². The van der Waals surface area contributed by atoms with Gasteiger partial charge in [-0.1, -0.05) is 6.07 Å². The van der Waals surface area contributed by atoms with Crippen molar-refractivity contribution in [2.24, 2.45) is 0 Å². The monoisotopic (exact) mass is 375 g/mol. The fourth-order valence-electron chi connectivity index (χ4n) is 2.75. The Labute approximate surface area is 155 Å². The minimum Gasteiger partial charge on any atom is -0.488 e. The molecular weight excluding hydrogens is 358 g/mol. The molecule has 2 aromatic heterocycles. The maximum Gasteiger partial charge on any atom is 0.225 e. The number of furan rings is 1. The maximum absolute atomic E-state index is 6.12. The summed E-state index contributed by atoms with van der Waals surface area (Å²) in [5.41, 5.74) is 0.645. The summed E-state index contributed by atoms with van der Waals surface area (Å²) in [6.07, 6.45) is 1.54. The first-order chi connectivity index (χ1) is 12.8. The average Bonchev–Trinajstić information content (AvgIpc) is 3.19. The third-order valence-electron chi connectivity index (χ3n) is 3.98. The van der Waals surface area contributed by atoms with Crippen LogP contribution in [0.1, 0.15) is 5.76 Å². The second-order valence-electron chi connectivity index (χ2n) is 5.81. The van der Waals surface area contributed by atoms with Crippen LogP contribution in [0.5, 0.6) is 5.75 Å². The van der Waals surface area contributed by atoms with Gasteiger partial charge in [0.1, 0.15) is 35.6 Å². The minimum atomic E-state index is -0.0899. The van der Waals surface area contributed by atoms with Crippen LogP contribution in [-0.4, -0.2) is 42.5 Å². The molecule has 0 aliphatic carbocycles. The fourth-order valence-corrected chi connectivity index (χ4v) is 2.92. The van der Waals surface area contributed by atoms with E-state index in [-0.39, 0.29) is 11.4 Å². The Hall–Kier alpha value is -2.35. The number of para-hydroxylation sites is 1. The summed E-state index contributed by atoms with van der Waals surface area (Å²) >= 11 is 6.12. The number of hydrogen-bond acceptors (Lipinski definition) is 7. The third kappa shape index (κ3) is 3.90. The molecule has 1 atom stereocenters. The molecule has 26 heavy (non-hydrogen) atoms. The zero-order valence-corrected chi connectivity index (χ0v) is 14.7. The van der Waals surface area contributed by atoms with Crippen molar-refractivity contribution in [3.05, 3.63) is 47.6 Å². The van der Waals surface area contributed by atoms with Gasteiger partial charge < -0.3 is 23.9 Å². The molecule has 1 aliphatic rings. The van der Waals surface area contributed by atoms with Gasteiger partial charge in [0.2, 0.25) is 5.28 Å². The van der Waals surface area contributed by atoms with Crippen LogP contribution in [0.2, 0.25) is 5.28 Å². The molecule has 1 saturated heterocycles. The second kappa shape index (κ2) is 7.90. The molecule has 3 aromatic rings. The van der Waals surface area contributed by atoms with Crippen LogP contribution in [0.15, 0.2) is 41.0 Å². The van der Waals surface area contributed by atoms with Gasteiger partial charge in [-0.05, 0) is 35.9 Å². The number of nitrogens with one attached hydrogen (secondary N) is 1. The lowest BCUT2D eigenvalue weighted by Gasteiger charge is -2.23. The largest absolute Gasteiger partial charge is 0.488 e. The molecule has 8 heteroatoms. The summed E-state index contributed by atoms with van der Waals surface area (Å²) in [7, 11) is 0. The van der Waals surface area contributed by atoms with Crippen molar-refractivity contribution in [3.63, 3.8) is 0 Å². The van der Waals surface area contributed by atoms with Crippen molar-refractivity contribution >= 4 is 28.3 Å². The lowest BCUT2D eigenvalue weighted by atomic mass is 10.2.